The third kappa shape index (κ3) is 2.57. The Morgan fingerprint density at radius 2 is 2.04 bits per heavy atom. The number of fused-ring (bicyclic) bond motifs is 2. The van der Waals surface area contributed by atoms with Gasteiger partial charge in [0.25, 0.3) is 11.5 Å². The summed E-state index contributed by atoms with van der Waals surface area (Å²) < 4.78 is 1.23. The van der Waals surface area contributed by atoms with E-state index in [0.717, 1.165) is 10.9 Å². The minimum Gasteiger partial charge on any atom is -0.361 e. The van der Waals surface area contributed by atoms with Crippen LogP contribution in [0.2, 0.25) is 0 Å². The second kappa shape index (κ2) is 5.59. The summed E-state index contributed by atoms with van der Waals surface area (Å²) in [6.45, 7) is 6.47. The van der Waals surface area contributed by atoms with Gasteiger partial charge in [0.2, 0.25) is 0 Å². The number of nitrogens with one attached hydrogen (secondary N) is 3. The highest BCUT2D eigenvalue weighted by Gasteiger charge is 2.19. The predicted octanol–water partition coefficient (Wildman–Crippen LogP) is 3.05. The Balaban J connectivity index is 1.67. The van der Waals surface area contributed by atoms with E-state index in [1.54, 1.807) is 12.3 Å². The van der Waals surface area contributed by atoms with E-state index in [4.69, 9.17) is 0 Å². The van der Waals surface area contributed by atoms with Crippen LogP contribution >= 0.6 is 0 Å². The van der Waals surface area contributed by atoms with E-state index < -0.39 is 11.5 Å². The van der Waals surface area contributed by atoms with Crippen LogP contribution in [0.3, 0.4) is 0 Å². The molecule has 132 valence electrons. The molecule has 0 radical (unpaired) electrons. The van der Waals surface area contributed by atoms with E-state index in [9.17, 15) is 9.59 Å². The first-order valence-electron chi connectivity index (χ1n) is 8.33. The molecule has 0 fully saturated rings. The Morgan fingerprint density at radius 1 is 1.23 bits per heavy atom. The van der Waals surface area contributed by atoms with Crippen LogP contribution in [-0.2, 0) is 5.41 Å². The van der Waals surface area contributed by atoms with Gasteiger partial charge in [0.05, 0.1) is 0 Å². The number of carbonyl (C=O) groups is 1. The van der Waals surface area contributed by atoms with Gasteiger partial charge in [-0.15, -0.1) is 0 Å². The zero-order valence-corrected chi connectivity index (χ0v) is 14.8. The number of hydrogen-bond acceptors (Lipinski definition) is 3. The number of rotatable bonds is 2. The number of anilines is 1. The Morgan fingerprint density at radius 3 is 2.81 bits per heavy atom. The van der Waals surface area contributed by atoms with Crippen molar-refractivity contribution in [2.45, 2.75) is 26.2 Å². The van der Waals surface area contributed by atoms with Crippen molar-refractivity contribution in [2.24, 2.45) is 0 Å². The van der Waals surface area contributed by atoms with E-state index in [0.29, 0.717) is 11.3 Å². The number of hydrogen-bond donors (Lipinski definition) is 3. The fraction of sp³-hybridized carbons (Fsp3) is 0.211. The summed E-state index contributed by atoms with van der Waals surface area (Å²) in [6.07, 6.45) is 4.88. The summed E-state index contributed by atoms with van der Waals surface area (Å²) in [7, 11) is 0. The predicted molar refractivity (Wildman–Crippen MR) is 101 cm³/mol. The first kappa shape index (κ1) is 16.1. The fourth-order valence-corrected chi connectivity index (χ4v) is 3.08. The number of aromatic nitrogens is 4. The van der Waals surface area contributed by atoms with Crippen molar-refractivity contribution in [2.75, 3.05) is 5.32 Å². The summed E-state index contributed by atoms with van der Waals surface area (Å²) in [5.41, 5.74) is 2.79. The molecule has 0 spiro atoms. The lowest BCUT2D eigenvalue weighted by molar-refractivity contribution is 0.102. The highest BCUT2D eigenvalue weighted by Crippen LogP contribution is 2.31. The number of amides is 1. The minimum atomic E-state index is -0.492. The molecule has 3 N–H and O–H groups in total. The zero-order valence-electron chi connectivity index (χ0n) is 14.8. The van der Waals surface area contributed by atoms with Gasteiger partial charge < -0.3 is 10.3 Å². The quantitative estimate of drug-likeness (QED) is 0.519. The molecule has 3 aromatic heterocycles. The molecule has 0 saturated carbocycles. The summed E-state index contributed by atoms with van der Waals surface area (Å²) >= 11 is 0. The molecule has 7 nitrogen and oxygen atoms in total. The van der Waals surface area contributed by atoms with Crippen molar-refractivity contribution in [1.82, 2.24) is 19.6 Å². The molecule has 1 aromatic carbocycles. The van der Waals surface area contributed by atoms with Gasteiger partial charge in [0.15, 0.2) is 5.65 Å². The van der Waals surface area contributed by atoms with Crippen molar-refractivity contribution in [1.29, 1.82) is 0 Å². The van der Waals surface area contributed by atoms with Crippen molar-refractivity contribution >= 4 is 28.1 Å². The lowest BCUT2D eigenvalue weighted by Crippen LogP contribution is -2.26. The van der Waals surface area contributed by atoms with E-state index in [2.05, 4.69) is 41.2 Å². The molecule has 7 heteroatoms. The van der Waals surface area contributed by atoms with Gasteiger partial charge >= 0.3 is 0 Å². The number of benzene rings is 1. The number of nitrogens with zero attached hydrogens (tertiary/aromatic N) is 2. The van der Waals surface area contributed by atoms with Gasteiger partial charge in [0, 0.05) is 41.2 Å². The largest absolute Gasteiger partial charge is 0.361 e. The van der Waals surface area contributed by atoms with Crippen molar-refractivity contribution in [3.8, 4) is 0 Å². The molecule has 0 aliphatic rings. The average molecular weight is 349 g/mol. The van der Waals surface area contributed by atoms with Gasteiger partial charge in [0.1, 0.15) is 5.56 Å². The van der Waals surface area contributed by atoms with Gasteiger partial charge in [-0.3, -0.25) is 14.7 Å². The van der Waals surface area contributed by atoms with Crippen molar-refractivity contribution in [3.63, 3.8) is 0 Å². The Hall–Kier alpha value is -3.35. The SMILES string of the molecule is CC(C)(C)c1c[nH]c2cc(NC(=O)c3cnc4cc[nH]n4c3=O)ccc12. The maximum absolute atomic E-state index is 12.5. The van der Waals surface area contributed by atoms with Crippen LogP contribution in [0.5, 0.6) is 0 Å². The van der Waals surface area contributed by atoms with Crippen LogP contribution in [0.15, 0.2) is 47.7 Å². The molecule has 3 heterocycles. The topological polar surface area (TPSA) is 95.0 Å². The summed E-state index contributed by atoms with van der Waals surface area (Å²) in [5.74, 6) is -0.492. The lowest BCUT2D eigenvalue weighted by atomic mass is 9.87. The molecule has 1 amide bonds. The molecule has 0 saturated heterocycles. The average Bonchev–Trinajstić information content (AvgIpc) is 3.20. The molecule has 4 rings (SSSR count). The maximum Gasteiger partial charge on any atom is 0.285 e. The van der Waals surface area contributed by atoms with Crippen LogP contribution in [-0.4, -0.2) is 25.5 Å². The minimum absolute atomic E-state index is 0.0214. The second-order valence-electron chi connectivity index (χ2n) is 7.30. The third-order valence-corrected chi connectivity index (χ3v) is 4.42. The van der Waals surface area contributed by atoms with Crippen molar-refractivity contribution in [3.05, 3.63) is 64.3 Å². The van der Waals surface area contributed by atoms with Gasteiger partial charge in [-0.1, -0.05) is 26.8 Å². The number of aromatic amines is 2. The Kier molecular flexibility index (Phi) is 3.47. The van der Waals surface area contributed by atoms with Crippen molar-refractivity contribution < 1.29 is 4.79 Å². The molecule has 4 aromatic rings. The van der Waals surface area contributed by atoms with E-state index >= 15 is 0 Å². The molecule has 0 aliphatic carbocycles. The fourth-order valence-electron chi connectivity index (χ4n) is 3.08. The first-order chi connectivity index (χ1) is 12.3. The van der Waals surface area contributed by atoms with Crippen LogP contribution in [0, 0.1) is 0 Å². The molecule has 0 bridgehead atoms. The highest BCUT2D eigenvalue weighted by atomic mass is 16.2. The van der Waals surface area contributed by atoms with Crippen LogP contribution in [0.1, 0.15) is 36.7 Å². The summed E-state index contributed by atoms with van der Waals surface area (Å²) in [4.78, 5) is 32.2. The normalized spacial score (nSPS) is 12.0. The monoisotopic (exact) mass is 349 g/mol. The Labute approximate surface area is 149 Å². The highest BCUT2D eigenvalue weighted by molar-refractivity contribution is 6.04. The molecular weight excluding hydrogens is 330 g/mol. The smallest absolute Gasteiger partial charge is 0.285 e. The molecule has 0 atom stereocenters. The lowest BCUT2D eigenvalue weighted by Gasteiger charge is -2.17. The third-order valence-electron chi connectivity index (χ3n) is 4.42. The standard InChI is InChI=1S/C19H19N5O2/c1-19(2,3)14-10-20-15-8-11(4-5-12(14)15)23-17(25)13-9-21-16-6-7-22-24(16)18(13)26/h4-10,20,22H,1-3H3,(H,23,25). The molecule has 0 unspecified atom stereocenters. The van der Waals surface area contributed by atoms with Crippen LogP contribution < -0.4 is 10.9 Å². The van der Waals surface area contributed by atoms with Gasteiger partial charge in [-0.2, -0.15) is 0 Å². The Bertz CT molecular complexity index is 1190. The van der Waals surface area contributed by atoms with E-state index in [1.807, 2.05) is 24.4 Å². The molecular formula is C19H19N5O2. The number of H-pyrrole nitrogens is 2. The first-order valence-corrected chi connectivity index (χ1v) is 8.33. The van der Waals surface area contributed by atoms with E-state index in [-0.39, 0.29) is 11.0 Å². The second-order valence-corrected chi connectivity index (χ2v) is 7.30. The zero-order chi connectivity index (χ0) is 18.5. The van der Waals surface area contributed by atoms with Crippen LogP contribution in [0.4, 0.5) is 5.69 Å². The van der Waals surface area contributed by atoms with Gasteiger partial charge in [-0.25, -0.2) is 9.50 Å². The summed E-state index contributed by atoms with van der Waals surface area (Å²) in [6, 6.07) is 7.33. The molecule has 0 aliphatic heterocycles. The maximum atomic E-state index is 12.5. The van der Waals surface area contributed by atoms with Crippen LogP contribution in [0.25, 0.3) is 16.6 Å². The summed E-state index contributed by atoms with van der Waals surface area (Å²) in [5, 5.41) is 6.63. The van der Waals surface area contributed by atoms with E-state index in [1.165, 1.54) is 16.3 Å². The number of carbonyl (C=O) groups excluding carboxylic acids is 1. The van der Waals surface area contributed by atoms with Gasteiger partial charge in [-0.05, 0) is 23.1 Å². The molecule has 26 heavy (non-hydrogen) atoms.